The standard InChI is InChI=1S/C13H13NO2/c15-8-7-14-13(16)12-6-5-10-3-1-2-4-11(10)9-12/h1-6,9,15H,7-8H2,(H,14,16). The Balaban J connectivity index is 2.28. The number of hydrogen-bond donors (Lipinski definition) is 2. The summed E-state index contributed by atoms with van der Waals surface area (Å²) < 4.78 is 0. The van der Waals surface area contributed by atoms with E-state index < -0.39 is 0 Å². The number of carbonyl (C=O) groups excluding carboxylic acids is 1. The molecular formula is C13H13NO2. The monoisotopic (exact) mass is 215 g/mol. The molecule has 0 atom stereocenters. The number of benzene rings is 2. The number of carbonyl (C=O) groups is 1. The number of aliphatic hydroxyl groups excluding tert-OH is 1. The van der Waals surface area contributed by atoms with Crippen LogP contribution in [-0.4, -0.2) is 24.2 Å². The number of rotatable bonds is 3. The Kier molecular flexibility index (Phi) is 3.17. The third-order valence-electron chi connectivity index (χ3n) is 2.41. The molecular weight excluding hydrogens is 202 g/mol. The number of amides is 1. The van der Waals surface area contributed by atoms with Gasteiger partial charge in [0.05, 0.1) is 6.61 Å². The predicted molar refractivity (Wildman–Crippen MR) is 63.4 cm³/mol. The highest BCUT2D eigenvalue weighted by atomic mass is 16.3. The lowest BCUT2D eigenvalue weighted by molar-refractivity contribution is 0.0945. The molecule has 2 aromatic carbocycles. The fourth-order valence-corrected chi connectivity index (χ4v) is 1.60. The van der Waals surface area contributed by atoms with Gasteiger partial charge in [-0.25, -0.2) is 0 Å². The number of nitrogens with one attached hydrogen (secondary N) is 1. The molecule has 0 saturated carbocycles. The highest BCUT2D eigenvalue weighted by Gasteiger charge is 2.04. The second kappa shape index (κ2) is 4.77. The maximum Gasteiger partial charge on any atom is 0.251 e. The summed E-state index contributed by atoms with van der Waals surface area (Å²) in [5, 5.41) is 13.4. The second-order valence-corrected chi connectivity index (χ2v) is 3.54. The molecule has 3 heteroatoms. The van der Waals surface area contributed by atoms with E-state index >= 15 is 0 Å². The first-order valence-corrected chi connectivity index (χ1v) is 5.19. The Morgan fingerprint density at radius 2 is 1.88 bits per heavy atom. The van der Waals surface area contributed by atoms with Crippen LogP contribution in [0.15, 0.2) is 42.5 Å². The Morgan fingerprint density at radius 1 is 1.12 bits per heavy atom. The molecule has 2 rings (SSSR count). The van der Waals surface area contributed by atoms with Crippen molar-refractivity contribution in [2.45, 2.75) is 0 Å². The van der Waals surface area contributed by atoms with Crippen LogP contribution < -0.4 is 5.32 Å². The van der Waals surface area contributed by atoms with E-state index in [9.17, 15) is 4.79 Å². The molecule has 0 aliphatic rings. The van der Waals surface area contributed by atoms with Gasteiger partial charge < -0.3 is 10.4 Å². The average molecular weight is 215 g/mol. The van der Waals surface area contributed by atoms with Crippen LogP contribution in [0.1, 0.15) is 10.4 Å². The van der Waals surface area contributed by atoms with Crippen molar-refractivity contribution in [3.8, 4) is 0 Å². The van der Waals surface area contributed by atoms with E-state index in [1.165, 1.54) is 0 Å². The summed E-state index contributed by atoms with van der Waals surface area (Å²) in [6, 6.07) is 13.4. The molecule has 1 amide bonds. The summed E-state index contributed by atoms with van der Waals surface area (Å²) in [4.78, 5) is 11.6. The van der Waals surface area contributed by atoms with Gasteiger partial charge in [-0.2, -0.15) is 0 Å². The van der Waals surface area contributed by atoms with Gasteiger partial charge >= 0.3 is 0 Å². The molecule has 2 N–H and O–H groups in total. The fourth-order valence-electron chi connectivity index (χ4n) is 1.60. The van der Waals surface area contributed by atoms with E-state index in [1.54, 1.807) is 6.07 Å². The minimum atomic E-state index is -0.153. The van der Waals surface area contributed by atoms with Gasteiger partial charge in [-0.05, 0) is 22.9 Å². The highest BCUT2D eigenvalue weighted by molar-refractivity contribution is 5.98. The predicted octanol–water partition coefficient (Wildman–Crippen LogP) is 1.56. The Labute approximate surface area is 93.7 Å². The second-order valence-electron chi connectivity index (χ2n) is 3.54. The van der Waals surface area contributed by atoms with Crippen molar-refractivity contribution in [2.75, 3.05) is 13.2 Å². The normalized spacial score (nSPS) is 10.3. The molecule has 0 unspecified atom stereocenters. The van der Waals surface area contributed by atoms with Crippen LogP contribution in [0.5, 0.6) is 0 Å². The molecule has 0 spiro atoms. The molecule has 16 heavy (non-hydrogen) atoms. The molecule has 0 bridgehead atoms. The maximum atomic E-state index is 11.6. The van der Waals surface area contributed by atoms with Gasteiger partial charge in [0.25, 0.3) is 5.91 Å². The van der Waals surface area contributed by atoms with E-state index in [2.05, 4.69) is 5.32 Å². The van der Waals surface area contributed by atoms with Gasteiger partial charge in [-0.3, -0.25) is 4.79 Å². The molecule has 0 saturated heterocycles. The summed E-state index contributed by atoms with van der Waals surface area (Å²) in [5.74, 6) is -0.153. The third kappa shape index (κ3) is 2.20. The van der Waals surface area contributed by atoms with Gasteiger partial charge in [0.1, 0.15) is 0 Å². The van der Waals surface area contributed by atoms with E-state index in [0.29, 0.717) is 5.56 Å². The minimum absolute atomic E-state index is 0.0423. The largest absolute Gasteiger partial charge is 0.395 e. The van der Waals surface area contributed by atoms with Crippen LogP contribution in [0.3, 0.4) is 0 Å². The Morgan fingerprint density at radius 3 is 2.62 bits per heavy atom. The first kappa shape index (κ1) is 10.6. The lowest BCUT2D eigenvalue weighted by Gasteiger charge is -2.04. The molecule has 82 valence electrons. The van der Waals surface area contributed by atoms with Crippen molar-refractivity contribution in [1.29, 1.82) is 0 Å². The van der Waals surface area contributed by atoms with Crippen molar-refractivity contribution < 1.29 is 9.90 Å². The zero-order chi connectivity index (χ0) is 11.4. The highest BCUT2D eigenvalue weighted by Crippen LogP contribution is 2.15. The number of fused-ring (bicyclic) bond motifs is 1. The molecule has 3 nitrogen and oxygen atoms in total. The first-order valence-electron chi connectivity index (χ1n) is 5.19. The van der Waals surface area contributed by atoms with Crippen LogP contribution in [0.2, 0.25) is 0 Å². The Bertz CT molecular complexity index is 508. The zero-order valence-electron chi connectivity index (χ0n) is 8.81. The molecule has 0 aromatic heterocycles. The summed E-state index contributed by atoms with van der Waals surface area (Å²) in [7, 11) is 0. The van der Waals surface area contributed by atoms with E-state index in [0.717, 1.165) is 10.8 Å². The van der Waals surface area contributed by atoms with Crippen molar-refractivity contribution in [1.82, 2.24) is 5.32 Å². The van der Waals surface area contributed by atoms with Gasteiger partial charge in [0.2, 0.25) is 0 Å². The average Bonchev–Trinajstić information content (AvgIpc) is 2.35. The number of hydrogen-bond acceptors (Lipinski definition) is 2. The quantitative estimate of drug-likeness (QED) is 0.816. The lowest BCUT2D eigenvalue weighted by Crippen LogP contribution is -2.26. The van der Waals surface area contributed by atoms with Crippen LogP contribution >= 0.6 is 0 Å². The van der Waals surface area contributed by atoms with Gasteiger partial charge in [0.15, 0.2) is 0 Å². The smallest absolute Gasteiger partial charge is 0.251 e. The van der Waals surface area contributed by atoms with Crippen LogP contribution in [-0.2, 0) is 0 Å². The van der Waals surface area contributed by atoms with E-state index in [1.807, 2.05) is 36.4 Å². The molecule has 0 fully saturated rings. The SMILES string of the molecule is O=C(NCCO)c1ccc2ccccc2c1. The molecule has 0 aliphatic heterocycles. The van der Waals surface area contributed by atoms with Crippen LogP contribution in [0.4, 0.5) is 0 Å². The maximum absolute atomic E-state index is 11.6. The van der Waals surface area contributed by atoms with Gasteiger partial charge in [-0.1, -0.05) is 30.3 Å². The van der Waals surface area contributed by atoms with E-state index in [-0.39, 0.29) is 19.1 Å². The Hall–Kier alpha value is -1.87. The third-order valence-corrected chi connectivity index (χ3v) is 2.41. The summed E-state index contributed by atoms with van der Waals surface area (Å²) in [6.45, 7) is 0.241. The van der Waals surface area contributed by atoms with Crippen molar-refractivity contribution in [3.63, 3.8) is 0 Å². The first-order chi connectivity index (χ1) is 7.81. The van der Waals surface area contributed by atoms with Crippen molar-refractivity contribution >= 4 is 16.7 Å². The lowest BCUT2D eigenvalue weighted by atomic mass is 10.1. The summed E-state index contributed by atoms with van der Waals surface area (Å²) >= 11 is 0. The molecule has 0 aliphatic carbocycles. The van der Waals surface area contributed by atoms with Crippen LogP contribution in [0.25, 0.3) is 10.8 Å². The zero-order valence-corrected chi connectivity index (χ0v) is 8.81. The number of aliphatic hydroxyl groups is 1. The molecule has 0 radical (unpaired) electrons. The van der Waals surface area contributed by atoms with Gasteiger partial charge in [0, 0.05) is 12.1 Å². The topological polar surface area (TPSA) is 49.3 Å². The summed E-state index contributed by atoms with van der Waals surface area (Å²) in [6.07, 6.45) is 0. The van der Waals surface area contributed by atoms with Crippen LogP contribution in [0, 0.1) is 0 Å². The minimum Gasteiger partial charge on any atom is -0.395 e. The van der Waals surface area contributed by atoms with Crippen molar-refractivity contribution in [2.24, 2.45) is 0 Å². The van der Waals surface area contributed by atoms with Crippen molar-refractivity contribution in [3.05, 3.63) is 48.0 Å². The van der Waals surface area contributed by atoms with Gasteiger partial charge in [-0.15, -0.1) is 0 Å². The summed E-state index contributed by atoms with van der Waals surface area (Å²) in [5.41, 5.74) is 0.618. The molecule has 0 heterocycles. The molecule has 2 aromatic rings. The van der Waals surface area contributed by atoms with E-state index in [4.69, 9.17) is 5.11 Å². The fraction of sp³-hybridized carbons (Fsp3) is 0.154.